The van der Waals surface area contributed by atoms with Gasteiger partial charge in [0.25, 0.3) is 0 Å². The van der Waals surface area contributed by atoms with Crippen molar-refractivity contribution in [3.63, 3.8) is 0 Å². The van der Waals surface area contributed by atoms with Crippen molar-refractivity contribution in [1.82, 2.24) is 9.80 Å². The topological polar surface area (TPSA) is 43.8 Å². The molecule has 0 saturated carbocycles. The summed E-state index contributed by atoms with van der Waals surface area (Å²) in [7, 11) is 0. The van der Waals surface area contributed by atoms with Gasteiger partial charge in [0.2, 0.25) is 0 Å². The number of piperazine rings is 1. The van der Waals surface area contributed by atoms with Crippen LogP contribution in [-0.4, -0.2) is 52.6 Å². The molecule has 2 heterocycles. The Morgan fingerprint density at radius 1 is 1.43 bits per heavy atom. The number of rotatable bonds is 3. The molecule has 2 aliphatic rings. The van der Waals surface area contributed by atoms with Crippen LogP contribution in [0.4, 0.5) is 4.39 Å². The van der Waals surface area contributed by atoms with Crippen molar-refractivity contribution in [1.29, 1.82) is 0 Å². The summed E-state index contributed by atoms with van der Waals surface area (Å²) >= 11 is 0. The Kier molecular flexibility index (Phi) is 3.95. The molecule has 0 aromatic heterocycles. The third-order valence-corrected chi connectivity index (χ3v) is 4.73. The molecule has 0 radical (unpaired) electrons. The van der Waals surface area contributed by atoms with E-state index >= 15 is 0 Å². The maximum atomic E-state index is 14.0. The van der Waals surface area contributed by atoms with Crippen LogP contribution < -0.4 is 0 Å². The monoisotopic (exact) mass is 292 g/mol. The van der Waals surface area contributed by atoms with Crippen LogP contribution in [0.5, 0.6) is 0 Å². The van der Waals surface area contributed by atoms with Crippen LogP contribution in [-0.2, 0) is 6.54 Å². The van der Waals surface area contributed by atoms with E-state index in [4.69, 9.17) is 5.11 Å². The smallest absolute Gasteiger partial charge is 0.335 e. The lowest BCUT2D eigenvalue weighted by Gasteiger charge is -2.42. The maximum absolute atomic E-state index is 14.0. The number of fused-ring (bicyclic) bond motifs is 1. The van der Waals surface area contributed by atoms with E-state index in [1.165, 1.54) is 37.6 Å². The van der Waals surface area contributed by atoms with E-state index in [0.717, 1.165) is 13.1 Å². The number of nitrogens with zero attached hydrogens (tertiary/aromatic N) is 2. The van der Waals surface area contributed by atoms with Crippen LogP contribution in [0.25, 0.3) is 0 Å². The van der Waals surface area contributed by atoms with Crippen LogP contribution in [0.1, 0.15) is 35.7 Å². The van der Waals surface area contributed by atoms with Gasteiger partial charge in [-0.15, -0.1) is 0 Å². The van der Waals surface area contributed by atoms with Gasteiger partial charge >= 0.3 is 5.97 Å². The lowest BCUT2D eigenvalue weighted by Crippen LogP contribution is -2.54. The molecule has 2 aliphatic heterocycles. The van der Waals surface area contributed by atoms with Gasteiger partial charge < -0.3 is 5.11 Å². The Bertz CT molecular complexity index is 549. The molecule has 2 saturated heterocycles. The van der Waals surface area contributed by atoms with Gasteiger partial charge in [-0.05, 0) is 44.5 Å². The highest BCUT2D eigenvalue weighted by atomic mass is 19.1. The van der Waals surface area contributed by atoms with Gasteiger partial charge in [-0.25, -0.2) is 9.18 Å². The van der Waals surface area contributed by atoms with Gasteiger partial charge in [-0.3, -0.25) is 9.80 Å². The van der Waals surface area contributed by atoms with Crippen molar-refractivity contribution in [3.05, 3.63) is 35.1 Å². The number of aromatic carboxylic acids is 1. The van der Waals surface area contributed by atoms with Crippen molar-refractivity contribution < 1.29 is 14.3 Å². The van der Waals surface area contributed by atoms with Crippen LogP contribution in [0, 0.1) is 5.82 Å². The van der Waals surface area contributed by atoms with Gasteiger partial charge in [0.1, 0.15) is 5.82 Å². The minimum atomic E-state index is -1.01. The highest BCUT2D eigenvalue weighted by molar-refractivity contribution is 5.87. The summed E-state index contributed by atoms with van der Waals surface area (Å²) < 4.78 is 14.0. The first kappa shape index (κ1) is 14.5. The molecule has 1 aromatic carbocycles. The fourth-order valence-electron chi connectivity index (χ4n) is 3.52. The van der Waals surface area contributed by atoms with E-state index in [2.05, 4.69) is 16.7 Å². The van der Waals surface area contributed by atoms with Crippen molar-refractivity contribution >= 4 is 5.97 Å². The second-order valence-corrected chi connectivity index (χ2v) is 6.18. The van der Waals surface area contributed by atoms with Gasteiger partial charge in [-0.1, -0.05) is 0 Å². The minimum absolute atomic E-state index is 0.151. The molecule has 4 nitrogen and oxygen atoms in total. The molecule has 1 aromatic rings. The summed E-state index contributed by atoms with van der Waals surface area (Å²) in [5.41, 5.74) is 0.631. The first-order valence-electron chi connectivity index (χ1n) is 7.54. The third-order valence-electron chi connectivity index (χ3n) is 4.73. The molecule has 5 heteroatoms. The number of carboxylic acids is 1. The predicted octanol–water partition coefficient (Wildman–Crippen LogP) is 2.19. The van der Waals surface area contributed by atoms with E-state index in [-0.39, 0.29) is 11.4 Å². The second kappa shape index (κ2) is 5.73. The Hall–Kier alpha value is -1.46. The van der Waals surface area contributed by atoms with Gasteiger partial charge in [0.15, 0.2) is 0 Å². The van der Waals surface area contributed by atoms with Crippen LogP contribution in [0.3, 0.4) is 0 Å². The molecule has 0 bridgehead atoms. The largest absolute Gasteiger partial charge is 0.478 e. The van der Waals surface area contributed by atoms with Crippen LogP contribution in [0.2, 0.25) is 0 Å². The van der Waals surface area contributed by atoms with Crippen molar-refractivity contribution in [2.45, 2.75) is 38.4 Å². The second-order valence-electron chi connectivity index (χ2n) is 6.18. The first-order chi connectivity index (χ1) is 10.0. The molecular weight excluding hydrogens is 271 g/mol. The summed E-state index contributed by atoms with van der Waals surface area (Å²) in [6.45, 7) is 5.78. The van der Waals surface area contributed by atoms with Crippen molar-refractivity contribution in [3.8, 4) is 0 Å². The van der Waals surface area contributed by atoms with E-state index in [0.29, 0.717) is 24.2 Å². The highest BCUT2D eigenvalue weighted by Crippen LogP contribution is 2.26. The number of hydrogen-bond donors (Lipinski definition) is 1. The zero-order valence-corrected chi connectivity index (χ0v) is 12.3. The normalized spacial score (nSPS) is 26.8. The highest BCUT2D eigenvalue weighted by Gasteiger charge is 2.34. The summed E-state index contributed by atoms with van der Waals surface area (Å²) in [6, 6.07) is 4.99. The maximum Gasteiger partial charge on any atom is 0.335 e. The van der Waals surface area contributed by atoms with E-state index in [1.54, 1.807) is 0 Å². The van der Waals surface area contributed by atoms with Crippen molar-refractivity contribution in [2.24, 2.45) is 0 Å². The van der Waals surface area contributed by atoms with Gasteiger partial charge in [0.05, 0.1) is 5.56 Å². The quantitative estimate of drug-likeness (QED) is 0.927. The fourth-order valence-corrected chi connectivity index (χ4v) is 3.52. The zero-order valence-electron chi connectivity index (χ0n) is 12.3. The summed E-state index contributed by atoms with van der Waals surface area (Å²) in [5.74, 6) is -1.33. The molecule has 2 fully saturated rings. The summed E-state index contributed by atoms with van der Waals surface area (Å²) in [4.78, 5) is 15.8. The molecule has 0 spiro atoms. The molecule has 0 aliphatic carbocycles. The molecule has 3 rings (SSSR count). The van der Waals surface area contributed by atoms with E-state index in [9.17, 15) is 9.18 Å². The lowest BCUT2D eigenvalue weighted by atomic mass is 10.0. The number of carbonyl (C=O) groups is 1. The molecule has 1 N–H and O–H groups in total. The minimum Gasteiger partial charge on any atom is -0.478 e. The fraction of sp³-hybridized carbons (Fsp3) is 0.562. The predicted molar refractivity (Wildman–Crippen MR) is 77.8 cm³/mol. The SMILES string of the molecule is CC1CN2CCCC2CN1Cc1cc(C(=O)O)ccc1F. The molecule has 0 amide bonds. The molecule has 2 unspecified atom stereocenters. The van der Waals surface area contributed by atoms with Gasteiger partial charge in [0, 0.05) is 37.3 Å². The Balaban J connectivity index is 1.76. The Morgan fingerprint density at radius 3 is 3.00 bits per heavy atom. The third kappa shape index (κ3) is 2.94. The Labute approximate surface area is 124 Å². The average molecular weight is 292 g/mol. The first-order valence-corrected chi connectivity index (χ1v) is 7.54. The molecule has 2 atom stereocenters. The van der Waals surface area contributed by atoms with E-state index in [1.807, 2.05) is 0 Å². The number of carboxylic acid groups (broad SMARTS) is 1. The van der Waals surface area contributed by atoms with Crippen LogP contribution >= 0.6 is 0 Å². The number of hydrogen-bond acceptors (Lipinski definition) is 3. The molecular formula is C16H21FN2O2. The Morgan fingerprint density at radius 2 is 2.24 bits per heavy atom. The molecule has 114 valence electrons. The molecule has 21 heavy (non-hydrogen) atoms. The average Bonchev–Trinajstić information content (AvgIpc) is 2.88. The zero-order chi connectivity index (χ0) is 15.0. The standard InChI is InChI=1S/C16H21FN2O2/c1-11-8-18-6-2-3-14(18)10-19(11)9-13-7-12(16(20)21)4-5-15(13)17/h4-5,7,11,14H,2-3,6,8-10H2,1H3,(H,20,21). The lowest BCUT2D eigenvalue weighted by molar-refractivity contribution is 0.0532. The summed E-state index contributed by atoms with van der Waals surface area (Å²) in [5, 5.41) is 9.04. The number of benzene rings is 1. The van der Waals surface area contributed by atoms with Crippen LogP contribution in [0.15, 0.2) is 18.2 Å². The van der Waals surface area contributed by atoms with Crippen molar-refractivity contribution in [2.75, 3.05) is 19.6 Å². The van der Waals surface area contributed by atoms with E-state index < -0.39 is 5.97 Å². The summed E-state index contributed by atoms with van der Waals surface area (Å²) in [6.07, 6.45) is 2.45. The number of halogens is 1. The van der Waals surface area contributed by atoms with Gasteiger partial charge in [-0.2, -0.15) is 0 Å².